The summed E-state index contributed by atoms with van der Waals surface area (Å²) < 4.78 is 9.03. The second kappa shape index (κ2) is 2.90. The number of rotatable bonds is 2. The van der Waals surface area contributed by atoms with Gasteiger partial charge < -0.3 is 9.47 Å². The number of hydrogen-bond donors (Lipinski definition) is 0. The fourth-order valence-corrected chi connectivity index (χ4v) is 0.840. The van der Waals surface area contributed by atoms with Crippen LogP contribution in [0, 0.1) is 5.92 Å². The molecule has 0 radical (unpaired) electrons. The first-order valence-corrected chi connectivity index (χ1v) is 3.48. The molecule has 1 aliphatic heterocycles. The van der Waals surface area contributed by atoms with E-state index in [9.17, 15) is 9.59 Å². The molecular formula is C7H10O4. The van der Waals surface area contributed by atoms with Gasteiger partial charge in [-0.25, -0.2) is 4.79 Å². The molecule has 0 aromatic rings. The molecule has 0 amide bonds. The zero-order chi connectivity index (χ0) is 8.43. The van der Waals surface area contributed by atoms with E-state index >= 15 is 0 Å². The maximum Gasteiger partial charge on any atom is 0.509 e. The summed E-state index contributed by atoms with van der Waals surface area (Å²) in [7, 11) is 0. The molecule has 62 valence electrons. The Bertz CT molecular complexity index is 185. The number of carbonyl (C=O) groups is 2. The number of ether oxygens (including phenoxy) is 2. The maximum absolute atomic E-state index is 11.1. The van der Waals surface area contributed by atoms with E-state index in [1.54, 1.807) is 13.8 Å². The van der Waals surface area contributed by atoms with Gasteiger partial charge in [0.25, 0.3) is 0 Å². The number of carbonyl (C=O) groups excluding carboxylic acids is 2. The van der Waals surface area contributed by atoms with Gasteiger partial charge in [0.05, 0.1) is 0 Å². The topological polar surface area (TPSA) is 52.6 Å². The van der Waals surface area contributed by atoms with Crippen molar-refractivity contribution in [1.29, 1.82) is 0 Å². The van der Waals surface area contributed by atoms with E-state index in [2.05, 4.69) is 9.47 Å². The Morgan fingerprint density at radius 3 is 2.64 bits per heavy atom. The molecule has 0 saturated carbocycles. The molecule has 0 spiro atoms. The second-order valence-electron chi connectivity index (χ2n) is 2.72. The van der Waals surface area contributed by atoms with Crippen LogP contribution in [0.3, 0.4) is 0 Å². The number of ketones is 1. The smallest absolute Gasteiger partial charge is 0.430 e. The summed E-state index contributed by atoms with van der Waals surface area (Å²) in [5.41, 5.74) is 0. The van der Waals surface area contributed by atoms with Crippen LogP contribution in [0.4, 0.5) is 4.79 Å². The van der Waals surface area contributed by atoms with Gasteiger partial charge in [-0.3, -0.25) is 4.79 Å². The molecule has 1 heterocycles. The van der Waals surface area contributed by atoms with Crippen molar-refractivity contribution >= 4 is 11.9 Å². The van der Waals surface area contributed by atoms with E-state index in [0.29, 0.717) is 0 Å². The van der Waals surface area contributed by atoms with Crippen molar-refractivity contribution in [2.45, 2.75) is 20.0 Å². The van der Waals surface area contributed by atoms with E-state index in [4.69, 9.17) is 0 Å². The molecule has 1 fully saturated rings. The van der Waals surface area contributed by atoms with Crippen molar-refractivity contribution in [3.8, 4) is 0 Å². The predicted molar refractivity (Wildman–Crippen MR) is 36.1 cm³/mol. The summed E-state index contributed by atoms with van der Waals surface area (Å²) in [5, 5.41) is 0. The van der Waals surface area contributed by atoms with Crippen LogP contribution >= 0.6 is 0 Å². The van der Waals surface area contributed by atoms with Crippen molar-refractivity contribution in [3.05, 3.63) is 0 Å². The molecule has 1 rings (SSSR count). The molecule has 0 aromatic carbocycles. The summed E-state index contributed by atoms with van der Waals surface area (Å²) in [6, 6.07) is 0. The van der Waals surface area contributed by atoms with Gasteiger partial charge in [-0.15, -0.1) is 0 Å². The molecule has 1 saturated heterocycles. The molecule has 1 unspecified atom stereocenters. The van der Waals surface area contributed by atoms with Crippen LogP contribution in [-0.2, 0) is 14.3 Å². The molecule has 4 heteroatoms. The fourth-order valence-electron chi connectivity index (χ4n) is 0.840. The van der Waals surface area contributed by atoms with Gasteiger partial charge in [0, 0.05) is 5.92 Å². The first kappa shape index (κ1) is 8.04. The number of Topliss-reactive ketones (excluding diaryl/α,β-unsaturated/α-hetero) is 1. The van der Waals surface area contributed by atoms with Gasteiger partial charge in [-0.1, -0.05) is 13.8 Å². The first-order chi connectivity index (χ1) is 5.11. The Labute approximate surface area is 64.5 Å². The van der Waals surface area contributed by atoms with Crippen molar-refractivity contribution in [1.82, 2.24) is 0 Å². The Morgan fingerprint density at radius 1 is 1.64 bits per heavy atom. The molecule has 0 aliphatic carbocycles. The van der Waals surface area contributed by atoms with Crippen LogP contribution in [0.15, 0.2) is 0 Å². The van der Waals surface area contributed by atoms with Crippen LogP contribution in [0.25, 0.3) is 0 Å². The van der Waals surface area contributed by atoms with Crippen molar-refractivity contribution in [2.75, 3.05) is 6.61 Å². The Morgan fingerprint density at radius 2 is 2.27 bits per heavy atom. The molecule has 0 aromatic heterocycles. The van der Waals surface area contributed by atoms with Crippen LogP contribution in [-0.4, -0.2) is 24.6 Å². The lowest BCUT2D eigenvalue weighted by Gasteiger charge is -2.06. The highest BCUT2D eigenvalue weighted by Gasteiger charge is 2.32. The summed E-state index contributed by atoms with van der Waals surface area (Å²) in [6.45, 7) is 3.58. The van der Waals surface area contributed by atoms with Crippen LogP contribution in [0.1, 0.15) is 13.8 Å². The van der Waals surface area contributed by atoms with E-state index < -0.39 is 12.3 Å². The lowest BCUT2D eigenvalue weighted by Crippen LogP contribution is -2.27. The quantitative estimate of drug-likeness (QED) is 0.556. The first-order valence-electron chi connectivity index (χ1n) is 3.48. The lowest BCUT2D eigenvalue weighted by molar-refractivity contribution is -0.128. The summed E-state index contributed by atoms with van der Waals surface area (Å²) in [5.74, 6) is -0.203. The SMILES string of the molecule is CC(C)C(=O)C1COC(=O)O1. The number of hydrogen-bond acceptors (Lipinski definition) is 4. The second-order valence-corrected chi connectivity index (χ2v) is 2.72. The van der Waals surface area contributed by atoms with Gasteiger partial charge in [-0.2, -0.15) is 0 Å². The van der Waals surface area contributed by atoms with Crippen LogP contribution < -0.4 is 0 Å². The average Bonchev–Trinajstić information content (AvgIpc) is 2.34. The minimum Gasteiger partial charge on any atom is -0.430 e. The molecule has 0 N–H and O–H groups in total. The van der Waals surface area contributed by atoms with E-state index in [1.165, 1.54) is 0 Å². The van der Waals surface area contributed by atoms with E-state index in [-0.39, 0.29) is 18.3 Å². The third-order valence-corrected chi connectivity index (χ3v) is 1.48. The standard InChI is InChI=1S/C7H10O4/c1-4(2)6(8)5-3-10-7(9)11-5/h4-5H,3H2,1-2H3. The van der Waals surface area contributed by atoms with Crippen molar-refractivity contribution in [2.24, 2.45) is 5.92 Å². The monoisotopic (exact) mass is 158 g/mol. The van der Waals surface area contributed by atoms with E-state index in [1.807, 2.05) is 0 Å². The summed E-state index contributed by atoms with van der Waals surface area (Å²) >= 11 is 0. The minimum absolute atomic E-state index is 0.0653. The molecule has 0 bridgehead atoms. The molecule has 1 atom stereocenters. The van der Waals surface area contributed by atoms with Gasteiger partial charge in [0.1, 0.15) is 6.61 Å². The van der Waals surface area contributed by atoms with Gasteiger partial charge in [0.15, 0.2) is 11.9 Å². The highest BCUT2D eigenvalue weighted by molar-refractivity contribution is 5.87. The zero-order valence-electron chi connectivity index (χ0n) is 6.49. The van der Waals surface area contributed by atoms with Gasteiger partial charge in [0.2, 0.25) is 0 Å². The largest absolute Gasteiger partial charge is 0.509 e. The van der Waals surface area contributed by atoms with E-state index in [0.717, 1.165) is 0 Å². The zero-order valence-corrected chi connectivity index (χ0v) is 6.49. The van der Waals surface area contributed by atoms with Gasteiger partial charge >= 0.3 is 6.16 Å². The third kappa shape index (κ3) is 1.69. The highest BCUT2D eigenvalue weighted by Crippen LogP contribution is 2.11. The van der Waals surface area contributed by atoms with Crippen molar-refractivity contribution < 1.29 is 19.1 Å². The summed E-state index contributed by atoms with van der Waals surface area (Å²) in [6.07, 6.45) is -1.42. The highest BCUT2D eigenvalue weighted by atomic mass is 16.8. The lowest BCUT2D eigenvalue weighted by atomic mass is 10.1. The normalized spacial score (nSPS) is 23.2. The molecule has 4 nitrogen and oxygen atoms in total. The van der Waals surface area contributed by atoms with Crippen molar-refractivity contribution in [3.63, 3.8) is 0 Å². The average molecular weight is 158 g/mol. The van der Waals surface area contributed by atoms with Crippen LogP contribution in [0.5, 0.6) is 0 Å². The van der Waals surface area contributed by atoms with Crippen LogP contribution in [0.2, 0.25) is 0 Å². The third-order valence-electron chi connectivity index (χ3n) is 1.48. The Hall–Kier alpha value is -1.06. The molecular weight excluding hydrogens is 148 g/mol. The Kier molecular flexibility index (Phi) is 2.12. The van der Waals surface area contributed by atoms with Gasteiger partial charge in [-0.05, 0) is 0 Å². The molecule has 1 aliphatic rings. The molecule has 11 heavy (non-hydrogen) atoms. The number of cyclic esters (lactones) is 2. The fraction of sp³-hybridized carbons (Fsp3) is 0.714. The minimum atomic E-state index is -0.746. The maximum atomic E-state index is 11.1. The Balaban J connectivity index is 2.50. The summed E-state index contributed by atoms with van der Waals surface area (Å²) in [4.78, 5) is 21.5. The predicted octanol–water partition coefficient (Wildman–Crippen LogP) is 0.747.